The highest BCUT2D eigenvalue weighted by molar-refractivity contribution is 7.39. The van der Waals surface area contributed by atoms with Crippen LogP contribution in [0.3, 0.4) is 0 Å². The Balaban J connectivity index is -0.000000826. The molecule has 134 valence electrons. The Hall–Kier alpha value is -0.550. The van der Waals surface area contributed by atoms with Crippen molar-refractivity contribution in [1.82, 2.24) is 5.32 Å². The van der Waals surface area contributed by atoms with Crippen molar-refractivity contribution >= 4 is 20.8 Å². The molecule has 0 atom stereocenters. The smallest absolute Gasteiger partial charge is 0.327 e. The van der Waals surface area contributed by atoms with E-state index in [2.05, 4.69) is 9.84 Å². The Morgan fingerprint density at radius 2 is 1.64 bits per heavy atom. The molecule has 0 heterocycles. The minimum absolute atomic E-state index is 0.00798. The highest BCUT2D eigenvalue weighted by atomic mass is 31.2. The minimum atomic E-state index is -2.23. The van der Waals surface area contributed by atoms with Crippen LogP contribution < -0.4 is 5.32 Å². The summed E-state index contributed by atoms with van der Waals surface area (Å²) in [5.41, 5.74) is 0. The van der Waals surface area contributed by atoms with Gasteiger partial charge in [0, 0.05) is 19.4 Å². The molecule has 6 nitrogen and oxygen atoms in total. The molecule has 0 saturated carbocycles. The van der Waals surface area contributed by atoms with Crippen molar-refractivity contribution in [3.05, 3.63) is 0 Å². The maximum Gasteiger partial charge on any atom is 0.327 e. The number of hydrogen-bond acceptors (Lipinski definition) is 5. The lowest BCUT2D eigenvalue weighted by atomic mass is 10.2. The first-order valence-electron chi connectivity index (χ1n) is 8.18. The van der Waals surface area contributed by atoms with E-state index in [4.69, 9.17) is 9.79 Å². The van der Waals surface area contributed by atoms with E-state index in [0.717, 1.165) is 32.0 Å². The molecular weight excluding hydrogens is 305 g/mol. The summed E-state index contributed by atoms with van der Waals surface area (Å²) < 4.78 is 4.62. The van der Waals surface area contributed by atoms with Gasteiger partial charge in [0.1, 0.15) is 6.29 Å². The van der Waals surface area contributed by atoms with E-state index in [1.165, 1.54) is 0 Å². The zero-order chi connectivity index (χ0) is 17.6. The summed E-state index contributed by atoms with van der Waals surface area (Å²) in [7, 11) is -2.23. The lowest BCUT2D eigenvalue weighted by molar-refractivity contribution is -0.121. The van der Waals surface area contributed by atoms with Crippen molar-refractivity contribution in [3.63, 3.8) is 0 Å². The number of carbonyl (C=O) groups excluding carboxylic acids is 2. The van der Waals surface area contributed by atoms with Crippen LogP contribution in [0.4, 0.5) is 0 Å². The molecule has 0 fully saturated rings. The van der Waals surface area contributed by atoms with Crippen LogP contribution in [0.5, 0.6) is 0 Å². The number of amides is 1. The predicted molar refractivity (Wildman–Crippen MR) is 91.4 cm³/mol. The molecule has 0 aromatic rings. The Kier molecular flexibility index (Phi) is 30.4. The van der Waals surface area contributed by atoms with E-state index in [0.29, 0.717) is 32.4 Å². The van der Waals surface area contributed by atoms with Crippen LogP contribution in [0.1, 0.15) is 72.6 Å². The molecular formula is C15H34NO5P. The van der Waals surface area contributed by atoms with E-state index in [1.54, 1.807) is 0 Å². The molecule has 0 radical (unpaired) electrons. The first-order chi connectivity index (χ1) is 10.7. The zero-order valence-corrected chi connectivity index (χ0v) is 15.4. The normalized spacial score (nSPS) is 9.23. The highest BCUT2D eigenvalue weighted by Crippen LogP contribution is 2.24. The average molecular weight is 339 g/mol. The summed E-state index contributed by atoms with van der Waals surface area (Å²) in [6.07, 6.45) is 5.85. The Morgan fingerprint density at radius 3 is 2.18 bits per heavy atom. The summed E-state index contributed by atoms with van der Waals surface area (Å²) in [5.74, 6) is -0.00798. The van der Waals surface area contributed by atoms with E-state index in [9.17, 15) is 9.59 Å². The standard InChI is InChI=1S/C11H22NO5P.2C2H6/c13-9-5-3-7-11(14)12-8-4-1-2-6-10-17-18(15)16;2*1-2/h9,15-16H,1-8,10H2,(H,12,14);2*1-2H3. The van der Waals surface area contributed by atoms with E-state index < -0.39 is 8.60 Å². The molecule has 0 bridgehead atoms. The highest BCUT2D eigenvalue weighted by Gasteiger charge is 2.00. The van der Waals surface area contributed by atoms with Crippen molar-refractivity contribution in [2.24, 2.45) is 0 Å². The van der Waals surface area contributed by atoms with Gasteiger partial charge in [0.2, 0.25) is 5.91 Å². The van der Waals surface area contributed by atoms with Gasteiger partial charge < -0.3 is 24.4 Å². The van der Waals surface area contributed by atoms with Crippen molar-refractivity contribution in [1.29, 1.82) is 0 Å². The van der Waals surface area contributed by atoms with Crippen LogP contribution in [0.25, 0.3) is 0 Å². The predicted octanol–water partition coefficient (Wildman–Crippen LogP) is 3.31. The van der Waals surface area contributed by atoms with Crippen molar-refractivity contribution in [2.45, 2.75) is 72.6 Å². The molecule has 1 amide bonds. The number of hydrogen-bond donors (Lipinski definition) is 3. The fourth-order valence-electron chi connectivity index (χ4n) is 1.39. The molecule has 0 spiro atoms. The van der Waals surface area contributed by atoms with Crippen LogP contribution in [0.15, 0.2) is 0 Å². The number of aldehydes is 1. The monoisotopic (exact) mass is 339 g/mol. The average Bonchev–Trinajstić information content (AvgIpc) is 2.54. The van der Waals surface area contributed by atoms with E-state index >= 15 is 0 Å². The lowest BCUT2D eigenvalue weighted by Gasteiger charge is -2.05. The maximum absolute atomic E-state index is 11.2. The van der Waals surface area contributed by atoms with Crippen molar-refractivity contribution in [3.8, 4) is 0 Å². The molecule has 0 unspecified atom stereocenters. The van der Waals surface area contributed by atoms with Gasteiger partial charge >= 0.3 is 8.60 Å². The fourth-order valence-corrected chi connectivity index (χ4v) is 1.68. The molecule has 0 aromatic carbocycles. The summed E-state index contributed by atoms with van der Waals surface area (Å²) in [5, 5.41) is 2.79. The van der Waals surface area contributed by atoms with Gasteiger partial charge in [-0.2, -0.15) is 0 Å². The Morgan fingerprint density at radius 1 is 1.05 bits per heavy atom. The number of nitrogens with one attached hydrogen (secondary N) is 1. The van der Waals surface area contributed by atoms with Gasteiger partial charge in [-0.1, -0.05) is 40.5 Å². The zero-order valence-electron chi connectivity index (χ0n) is 14.5. The molecule has 0 rings (SSSR count). The van der Waals surface area contributed by atoms with Gasteiger partial charge in [0.15, 0.2) is 0 Å². The van der Waals surface area contributed by atoms with Gasteiger partial charge in [-0.05, 0) is 19.3 Å². The lowest BCUT2D eigenvalue weighted by Crippen LogP contribution is -2.23. The van der Waals surface area contributed by atoms with Crippen LogP contribution in [-0.2, 0) is 14.1 Å². The second-order valence-electron chi connectivity index (χ2n) is 3.91. The molecule has 22 heavy (non-hydrogen) atoms. The number of rotatable bonds is 12. The van der Waals surface area contributed by atoms with Crippen LogP contribution in [0.2, 0.25) is 0 Å². The number of carbonyl (C=O) groups is 2. The van der Waals surface area contributed by atoms with Gasteiger partial charge in [-0.15, -0.1) is 0 Å². The van der Waals surface area contributed by atoms with Gasteiger partial charge in [-0.3, -0.25) is 4.79 Å². The summed E-state index contributed by atoms with van der Waals surface area (Å²) >= 11 is 0. The van der Waals surface area contributed by atoms with Crippen molar-refractivity contribution < 1.29 is 23.9 Å². The molecule has 0 aliphatic heterocycles. The third-order valence-electron chi connectivity index (χ3n) is 2.33. The quantitative estimate of drug-likeness (QED) is 0.288. The van der Waals surface area contributed by atoms with Crippen LogP contribution >= 0.6 is 8.60 Å². The van der Waals surface area contributed by atoms with Crippen LogP contribution in [-0.4, -0.2) is 35.1 Å². The summed E-state index contributed by atoms with van der Waals surface area (Å²) in [6.45, 7) is 9.00. The molecule has 3 N–H and O–H groups in total. The molecule has 7 heteroatoms. The molecule has 0 aliphatic rings. The van der Waals surface area contributed by atoms with Gasteiger partial charge in [0.25, 0.3) is 0 Å². The molecule has 0 saturated heterocycles. The third-order valence-corrected chi connectivity index (χ3v) is 2.74. The topological polar surface area (TPSA) is 95.9 Å². The van der Waals surface area contributed by atoms with Crippen LogP contribution in [0, 0.1) is 0 Å². The maximum atomic E-state index is 11.2. The largest absolute Gasteiger partial charge is 0.356 e. The molecule has 0 aromatic heterocycles. The summed E-state index contributed by atoms with van der Waals surface area (Å²) in [4.78, 5) is 38.2. The second-order valence-corrected chi connectivity index (χ2v) is 4.67. The first-order valence-corrected chi connectivity index (χ1v) is 9.34. The number of unbranched alkanes of at least 4 members (excludes halogenated alkanes) is 4. The van der Waals surface area contributed by atoms with E-state index in [-0.39, 0.29) is 5.91 Å². The molecule has 0 aliphatic carbocycles. The van der Waals surface area contributed by atoms with E-state index in [1.807, 2.05) is 27.7 Å². The first kappa shape index (κ1) is 26.4. The second kappa shape index (κ2) is 25.4. The minimum Gasteiger partial charge on any atom is -0.356 e. The fraction of sp³-hybridized carbons (Fsp3) is 0.867. The SMILES string of the molecule is CC.CC.O=CCCCC(=O)NCCCCCCOP(O)O. The Labute approximate surface area is 136 Å². The van der Waals surface area contributed by atoms with Crippen molar-refractivity contribution in [2.75, 3.05) is 13.2 Å². The third kappa shape index (κ3) is 27.7. The summed E-state index contributed by atoms with van der Waals surface area (Å²) in [6, 6.07) is 0. The Bertz CT molecular complexity index is 228. The van der Waals surface area contributed by atoms with Gasteiger partial charge in [-0.25, -0.2) is 0 Å². The van der Waals surface area contributed by atoms with Gasteiger partial charge in [0.05, 0.1) is 6.61 Å².